The summed E-state index contributed by atoms with van der Waals surface area (Å²) in [5, 5.41) is 23.3. The van der Waals surface area contributed by atoms with E-state index in [9.17, 15) is 19.8 Å². The van der Waals surface area contributed by atoms with E-state index in [4.69, 9.17) is 4.74 Å². The lowest BCUT2D eigenvalue weighted by Crippen LogP contribution is -2.45. The highest BCUT2D eigenvalue weighted by Crippen LogP contribution is 2.19. The van der Waals surface area contributed by atoms with E-state index < -0.39 is 12.1 Å². The van der Waals surface area contributed by atoms with Crippen LogP contribution in [0, 0.1) is 0 Å². The first-order chi connectivity index (χ1) is 41.0. The Morgan fingerprint density at radius 1 is 0.337 bits per heavy atom. The second-order valence-electron chi connectivity index (χ2n) is 26.0. The van der Waals surface area contributed by atoms with Crippen LogP contribution in [0.25, 0.3) is 0 Å². The molecule has 1 amide bonds. The minimum atomic E-state index is -0.843. The van der Waals surface area contributed by atoms with Gasteiger partial charge in [-0.25, -0.2) is 0 Å². The lowest BCUT2D eigenvalue weighted by Gasteiger charge is -2.20. The van der Waals surface area contributed by atoms with Crippen molar-refractivity contribution in [1.82, 2.24) is 5.32 Å². The Bertz CT molecular complexity index is 1340. The maximum Gasteiger partial charge on any atom is 0.305 e. The maximum absolute atomic E-state index is 12.5. The van der Waals surface area contributed by atoms with Gasteiger partial charge in [-0.2, -0.15) is 0 Å². The summed E-state index contributed by atoms with van der Waals surface area (Å²) in [5.74, 6) is -0.0533. The van der Waals surface area contributed by atoms with Crippen LogP contribution in [0.2, 0.25) is 0 Å². The molecule has 6 nitrogen and oxygen atoms in total. The van der Waals surface area contributed by atoms with E-state index in [-0.39, 0.29) is 18.5 Å². The third-order valence-corrected chi connectivity index (χ3v) is 17.7. The molecule has 0 aromatic carbocycles. The summed E-state index contributed by atoms with van der Waals surface area (Å²) in [6, 6.07) is -0.626. The Morgan fingerprint density at radius 2 is 0.602 bits per heavy atom. The third-order valence-electron chi connectivity index (χ3n) is 17.7. The van der Waals surface area contributed by atoms with Crippen LogP contribution in [-0.2, 0) is 14.3 Å². The van der Waals surface area contributed by atoms with Crippen LogP contribution in [0.5, 0.6) is 0 Å². The largest absolute Gasteiger partial charge is 0.466 e. The summed E-state index contributed by atoms with van der Waals surface area (Å²) in [6.45, 7) is 4.92. The van der Waals surface area contributed by atoms with Gasteiger partial charge in [-0.05, 0) is 64.2 Å². The molecule has 0 aromatic heterocycles. The maximum atomic E-state index is 12.5. The zero-order valence-corrected chi connectivity index (χ0v) is 56.2. The van der Waals surface area contributed by atoms with Crippen molar-refractivity contribution in [3.63, 3.8) is 0 Å². The highest BCUT2D eigenvalue weighted by molar-refractivity contribution is 5.76. The van der Waals surface area contributed by atoms with Gasteiger partial charge in [-0.15, -0.1) is 0 Å². The van der Waals surface area contributed by atoms with Gasteiger partial charge in [0.15, 0.2) is 0 Å². The Kier molecular flexibility index (Phi) is 70.9. The Balaban J connectivity index is 3.36. The smallest absolute Gasteiger partial charge is 0.305 e. The van der Waals surface area contributed by atoms with E-state index in [0.29, 0.717) is 19.4 Å². The minimum Gasteiger partial charge on any atom is -0.466 e. The quantitative estimate of drug-likeness (QED) is 0.0320. The molecule has 0 saturated carbocycles. The zero-order chi connectivity index (χ0) is 59.9. The predicted molar refractivity (Wildman–Crippen MR) is 366 cm³/mol. The minimum absolute atomic E-state index is 0.00687. The number of ether oxygens (including phenoxy) is 1. The molecule has 0 bridgehead atoms. The van der Waals surface area contributed by atoms with E-state index in [2.05, 4.69) is 43.5 Å². The lowest BCUT2D eigenvalue weighted by molar-refractivity contribution is -0.143. The fourth-order valence-corrected chi connectivity index (χ4v) is 11.9. The number of nitrogens with one attached hydrogen (secondary N) is 1. The first-order valence-electron chi connectivity index (χ1n) is 37.8. The summed E-state index contributed by atoms with van der Waals surface area (Å²) in [6.07, 6.45) is 93.9. The van der Waals surface area contributed by atoms with Crippen LogP contribution >= 0.6 is 0 Å². The summed E-state index contributed by atoms with van der Waals surface area (Å²) >= 11 is 0. The summed E-state index contributed by atoms with van der Waals surface area (Å²) < 4.78 is 5.50. The van der Waals surface area contributed by atoms with Gasteiger partial charge >= 0.3 is 5.97 Å². The number of esters is 1. The van der Waals surface area contributed by atoms with Crippen molar-refractivity contribution in [3.05, 3.63) is 36.5 Å². The van der Waals surface area contributed by atoms with Crippen molar-refractivity contribution in [3.8, 4) is 0 Å². The van der Waals surface area contributed by atoms with Crippen molar-refractivity contribution >= 4 is 11.9 Å². The molecule has 6 heteroatoms. The number of allylic oxidation sites excluding steroid dienone is 5. The van der Waals surface area contributed by atoms with Crippen molar-refractivity contribution in [2.75, 3.05) is 13.2 Å². The molecular formula is C77H147NO5. The monoisotopic (exact) mass is 1170 g/mol. The Morgan fingerprint density at radius 3 is 0.928 bits per heavy atom. The van der Waals surface area contributed by atoms with E-state index in [1.165, 1.54) is 340 Å². The first kappa shape index (κ1) is 81.1. The molecule has 0 saturated heterocycles. The molecule has 0 aliphatic rings. The Hall–Kier alpha value is -1.92. The van der Waals surface area contributed by atoms with Crippen molar-refractivity contribution in [2.24, 2.45) is 0 Å². The van der Waals surface area contributed by atoms with E-state index in [1.807, 2.05) is 6.08 Å². The van der Waals surface area contributed by atoms with Crippen LogP contribution in [0.15, 0.2) is 36.5 Å². The molecule has 490 valence electrons. The first-order valence-corrected chi connectivity index (χ1v) is 37.8. The third kappa shape index (κ3) is 69.1. The highest BCUT2D eigenvalue weighted by Gasteiger charge is 2.18. The van der Waals surface area contributed by atoms with Gasteiger partial charge in [0.1, 0.15) is 0 Å². The summed E-state index contributed by atoms with van der Waals surface area (Å²) in [4.78, 5) is 24.6. The molecule has 83 heavy (non-hydrogen) atoms. The van der Waals surface area contributed by atoms with Gasteiger partial charge in [-0.3, -0.25) is 9.59 Å². The van der Waals surface area contributed by atoms with Crippen molar-refractivity contribution in [1.29, 1.82) is 0 Å². The molecule has 2 atom stereocenters. The number of aliphatic hydroxyl groups excluding tert-OH is 2. The van der Waals surface area contributed by atoms with E-state index >= 15 is 0 Å². The van der Waals surface area contributed by atoms with Gasteiger partial charge in [-0.1, -0.05) is 378 Å². The fourth-order valence-electron chi connectivity index (χ4n) is 11.9. The van der Waals surface area contributed by atoms with Gasteiger partial charge in [0.25, 0.3) is 0 Å². The number of aliphatic hydroxyl groups is 2. The normalized spacial score (nSPS) is 12.7. The summed E-state index contributed by atoms with van der Waals surface area (Å²) in [5.41, 5.74) is 0. The second kappa shape index (κ2) is 72.6. The second-order valence-corrected chi connectivity index (χ2v) is 26.0. The SMILES string of the molecule is CCCCCC/C=C\C/C=C\CCCCCCCC(=O)OCCCCCCCCCCCCCCCCCCCCCCCCCCCCCCCCC(=O)NC(CO)C(O)/C=C/CCCCCCCCCCCCCCCCCCCC. The van der Waals surface area contributed by atoms with Crippen LogP contribution < -0.4 is 5.32 Å². The van der Waals surface area contributed by atoms with Crippen LogP contribution in [0.4, 0.5) is 0 Å². The van der Waals surface area contributed by atoms with Crippen LogP contribution in [0.3, 0.4) is 0 Å². The van der Waals surface area contributed by atoms with Gasteiger partial charge in [0, 0.05) is 12.8 Å². The number of carbonyl (C=O) groups is 2. The van der Waals surface area contributed by atoms with Crippen molar-refractivity contribution < 1.29 is 24.5 Å². The molecule has 0 aliphatic carbocycles. The van der Waals surface area contributed by atoms with Gasteiger partial charge in [0.2, 0.25) is 5.91 Å². The van der Waals surface area contributed by atoms with Crippen LogP contribution in [0.1, 0.15) is 418 Å². The average molecular weight is 1170 g/mol. The average Bonchev–Trinajstić information content (AvgIpc) is 3.48. The molecule has 0 radical (unpaired) electrons. The molecule has 0 aliphatic heterocycles. The predicted octanol–water partition coefficient (Wildman–Crippen LogP) is 24.7. The molecule has 0 heterocycles. The Labute approximate surface area is 519 Å². The number of hydrogen-bond donors (Lipinski definition) is 3. The van der Waals surface area contributed by atoms with E-state index in [0.717, 1.165) is 51.4 Å². The fraction of sp³-hybridized carbons (Fsp3) is 0.896. The molecule has 0 fully saturated rings. The molecule has 0 aromatic rings. The van der Waals surface area contributed by atoms with Crippen molar-refractivity contribution in [2.45, 2.75) is 431 Å². The zero-order valence-electron chi connectivity index (χ0n) is 56.2. The summed E-state index contributed by atoms with van der Waals surface area (Å²) in [7, 11) is 0. The molecule has 0 spiro atoms. The number of amides is 1. The number of hydrogen-bond acceptors (Lipinski definition) is 5. The highest BCUT2D eigenvalue weighted by atomic mass is 16.5. The lowest BCUT2D eigenvalue weighted by atomic mass is 10.0. The number of rotatable bonds is 71. The molecular weight excluding hydrogens is 1020 g/mol. The van der Waals surface area contributed by atoms with Gasteiger partial charge in [0.05, 0.1) is 25.4 Å². The van der Waals surface area contributed by atoms with Crippen LogP contribution in [-0.4, -0.2) is 47.4 Å². The molecule has 2 unspecified atom stereocenters. The molecule has 3 N–H and O–H groups in total. The topological polar surface area (TPSA) is 95.9 Å². The number of unbranched alkanes of at least 4 members (excludes halogenated alkanes) is 56. The van der Waals surface area contributed by atoms with Gasteiger partial charge < -0.3 is 20.3 Å². The number of carbonyl (C=O) groups excluding carboxylic acids is 2. The van der Waals surface area contributed by atoms with E-state index in [1.54, 1.807) is 6.08 Å². The standard InChI is InChI=1S/C77H147NO5/c1-3-5-7-9-11-13-15-17-19-21-22-35-38-41-45-49-53-57-61-65-69-75(80)74(73-79)78-76(81)70-66-62-58-54-50-46-42-39-36-33-31-29-27-25-23-24-26-28-30-32-34-37-40-44-48-52-56-60-64-68-72-83-77(82)71-67-63-59-55-51-47-43-20-18-16-14-12-10-8-6-4-2/h14,16,20,43,65,69,74-75,79-80H,3-13,15,17-19,21-42,44-64,66-68,70-73H2,1-2H3,(H,78,81)/b16-14-,43-20-,69-65+. The molecule has 0 rings (SSSR count).